The van der Waals surface area contributed by atoms with E-state index in [-0.39, 0.29) is 6.04 Å². The number of benzene rings is 1. The van der Waals surface area contributed by atoms with E-state index in [1.807, 2.05) is 12.3 Å². The fourth-order valence-electron chi connectivity index (χ4n) is 2.54. The molecular formula is C16H19NO2. The summed E-state index contributed by atoms with van der Waals surface area (Å²) in [6, 6.07) is 8.70. The Bertz CT molecular complexity index is 534. The van der Waals surface area contributed by atoms with E-state index in [0.717, 1.165) is 31.7 Å². The lowest BCUT2D eigenvalue weighted by molar-refractivity contribution is 0.357. The smallest absolute Gasteiger partial charge is 0.122 e. The van der Waals surface area contributed by atoms with Crippen LogP contribution in [0.4, 0.5) is 0 Å². The van der Waals surface area contributed by atoms with Gasteiger partial charge < -0.3 is 14.5 Å². The summed E-state index contributed by atoms with van der Waals surface area (Å²) in [5.41, 5.74) is 3.76. The summed E-state index contributed by atoms with van der Waals surface area (Å²) < 4.78 is 10.8. The SMILES string of the molecule is CCCNC(c1ccoc1)c1ccc2c(c1)CCO2. The van der Waals surface area contributed by atoms with Gasteiger partial charge in [-0.3, -0.25) is 0 Å². The molecule has 1 N–H and O–H groups in total. The van der Waals surface area contributed by atoms with E-state index >= 15 is 0 Å². The molecule has 1 aliphatic rings. The molecule has 1 atom stereocenters. The molecule has 1 aliphatic heterocycles. The van der Waals surface area contributed by atoms with Crippen LogP contribution in [-0.2, 0) is 6.42 Å². The van der Waals surface area contributed by atoms with Gasteiger partial charge in [0.2, 0.25) is 0 Å². The Morgan fingerprint density at radius 2 is 2.21 bits per heavy atom. The highest BCUT2D eigenvalue weighted by Gasteiger charge is 2.18. The van der Waals surface area contributed by atoms with Crippen LogP contribution in [0.3, 0.4) is 0 Å². The van der Waals surface area contributed by atoms with E-state index in [9.17, 15) is 0 Å². The van der Waals surface area contributed by atoms with Gasteiger partial charge >= 0.3 is 0 Å². The molecule has 1 unspecified atom stereocenters. The third-order valence-electron chi connectivity index (χ3n) is 3.52. The number of hydrogen-bond donors (Lipinski definition) is 1. The summed E-state index contributed by atoms with van der Waals surface area (Å²) in [5, 5.41) is 3.58. The van der Waals surface area contributed by atoms with Gasteiger partial charge in [-0.2, -0.15) is 0 Å². The molecule has 2 aromatic rings. The first-order valence-corrected chi connectivity index (χ1v) is 6.89. The molecule has 0 saturated carbocycles. The second kappa shape index (κ2) is 5.49. The van der Waals surface area contributed by atoms with E-state index in [2.05, 4.69) is 30.4 Å². The molecule has 3 heteroatoms. The quantitative estimate of drug-likeness (QED) is 0.892. The summed E-state index contributed by atoms with van der Waals surface area (Å²) in [4.78, 5) is 0. The number of furan rings is 1. The second-order valence-electron chi connectivity index (χ2n) is 4.91. The number of hydrogen-bond acceptors (Lipinski definition) is 3. The van der Waals surface area contributed by atoms with Crippen molar-refractivity contribution in [2.24, 2.45) is 0 Å². The number of fused-ring (bicyclic) bond motifs is 1. The Labute approximate surface area is 113 Å². The first-order valence-electron chi connectivity index (χ1n) is 6.89. The molecule has 0 spiro atoms. The van der Waals surface area contributed by atoms with Gasteiger partial charge in [0, 0.05) is 12.0 Å². The maximum absolute atomic E-state index is 5.57. The molecule has 0 radical (unpaired) electrons. The van der Waals surface area contributed by atoms with Crippen molar-refractivity contribution in [2.75, 3.05) is 13.2 Å². The van der Waals surface area contributed by atoms with Crippen LogP contribution >= 0.6 is 0 Å². The Kier molecular flexibility index (Phi) is 3.56. The lowest BCUT2D eigenvalue weighted by atomic mass is 9.98. The van der Waals surface area contributed by atoms with Gasteiger partial charge in [0.25, 0.3) is 0 Å². The number of nitrogens with one attached hydrogen (secondary N) is 1. The number of rotatable bonds is 5. The third-order valence-corrected chi connectivity index (χ3v) is 3.52. The highest BCUT2D eigenvalue weighted by Crippen LogP contribution is 2.30. The molecule has 3 rings (SSSR count). The van der Waals surface area contributed by atoms with Crippen molar-refractivity contribution in [3.8, 4) is 5.75 Å². The fraction of sp³-hybridized carbons (Fsp3) is 0.375. The highest BCUT2D eigenvalue weighted by atomic mass is 16.5. The van der Waals surface area contributed by atoms with Crippen molar-refractivity contribution in [3.63, 3.8) is 0 Å². The molecular weight excluding hydrogens is 238 g/mol. The maximum atomic E-state index is 5.57. The van der Waals surface area contributed by atoms with E-state index < -0.39 is 0 Å². The largest absolute Gasteiger partial charge is 0.493 e. The first-order chi connectivity index (χ1) is 9.38. The molecule has 0 amide bonds. The average molecular weight is 257 g/mol. The van der Waals surface area contributed by atoms with Crippen LogP contribution in [0.25, 0.3) is 0 Å². The Morgan fingerprint density at radius 3 is 3.00 bits per heavy atom. The Morgan fingerprint density at radius 1 is 1.26 bits per heavy atom. The van der Waals surface area contributed by atoms with E-state index in [0.29, 0.717) is 0 Å². The van der Waals surface area contributed by atoms with E-state index in [1.165, 1.54) is 16.7 Å². The van der Waals surface area contributed by atoms with Gasteiger partial charge in [-0.25, -0.2) is 0 Å². The van der Waals surface area contributed by atoms with Crippen molar-refractivity contribution in [1.29, 1.82) is 0 Å². The lowest BCUT2D eigenvalue weighted by Gasteiger charge is -2.18. The summed E-state index contributed by atoms with van der Waals surface area (Å²) in [6.45, 7) is 3.97. The van der Waals surface area contributed by atoms with Crippen LogP contribution in [0.2, 0.25) is 0 Å². The van der Waals surface area contributed by atoms with Crippen LogP contribution < -0.4 is 10.1 Å². The van der Waals surface area contributed by atoms with Crippen molar-refractivity contribution in [1.82, 2.24) is 5.32 Å². The molecule has 1 aromatic heterocycles. The minimum atomic E-state index is 0.199. The van der Waals surface area contributed by atoms with Gasteiger partial charge in [-0.1, -0.05) is 19.1 Å². The summed E-state index contributed by atoms with van der Waals surface area (Å²) in [6.07, 6.45) is 5.67. The molecule has 0 aliphatic carbocycles. The van der Waals surface area contributed by atoms with Gasteiger partial charge in [-0.05, 0) is 36.2 Å². The molecule has 3 nitrogen and oxygen atoms in total. The van der Waals surface area contributed by atoms with Gasteiger partial charge in [0.05, 0.1) is 25.2 Å². The maximum Gasteiger partial charge on any atom is 0.122 e. The van der Waals surface area contributed by atoms with Gasteiger partial charge in [0.1, 0.15) is 5.75 Å². The van der Waals surface area contributed by atoms with Crippen molar-refractivity contribution >= 4 is 0 Å². The van der Waals surface area contributed by atoms with Crippen LogP contribution in [0.5, 0.6) is 5.75 Å². The normalized spacial score (nSPS) is 15.0. The minimum absolute atomic E-state index is 0.199. The topological polar surface area (TPSA) is 34.4 Å². The third kappa shape index (κ3) is 2.51. The van der Waals surface area contributed by atoms with Gasteiger partial charge in [0.15, 0.2) is 0 Å². The second-order valence-corrected chi connectivity index (χ2v) is 4.91. The van der Waals surface area contributed by atoms with Crippen molar-refractivity contribution in [2.45, 2.75) is 25.8 Å². The summed E-state index contributed by atoms with van der Waals surface area (Å²) in [7, 11) is 0. The molecule has 1 aromatic carbocycles. The fourth-order valence-corrected chi connectivity index (χ4v) is 2.54. The Balaban J connectivity index is 1.90. The minimum Gasteiger partial charge on any atom is -0.493 e. The van der Waals surface area contributed by atoms with Crippen molar-refractivity contribution in [3.05, 3.63) is 53.5 Å². The predicted molar refractivity (Wildman–Crippen MR) is 74.5 cm³/mol. The zero-order valence-corrected chi connectivity index (χ0v) is 11.2. The summed E-state index contributed by atoms with van der Waals surface area (Å²) in [5.74, 6) is 1.03. The zero-order chi connectivity index (χ0) is 13.1. The van der Waals surface area contributed by atoms with Crippen LogP contribution in [0, 0.1) is 0 Å². The first kappa shape index (κ1) is 12.3. The molecule has 19 heavy (non-hydrogen) atoms. The van der Waals surface area contributed by atoms with Crippen LogP contribution in [0.15, 0.2) is 41.2 Å². The predicted octanol–water partition coefficient (Wildman–Crippen LogP) is 3.30. The molecule has 100 valence electrons. The Hall–Kier alpha value is -1.74. The van der Waals surface area contributed by atoms with Gasteiger partial charge in [-0.15, -0.1) is 0 Å². The lowest BCUT2D eigenvalue weighted by Crippen LogP contribution is -2.22. The van der Waals surface area contributed by atoms with Crippen LogP contribution in [0.1, 0.15) is 36.1 Å². The summed E-state index contributed by atoms with van der Waals surface area (Å²) >= 11 is 0. The zero-order valence-electron chi connectivity index (χ0n) is 11.2. The van der Waals surface area contributed by atoms with Crippen LogP contribution in [-0.4, -0.2) is 13.2 Å². The standard InChI is InChI=1S/C16H19NO2/c1-2-7-17-16(14-5-8-18-11-14)13-3-4-15-12(10-13)6-9-19-15/h3-5,8,10-11,16-17H,2,6-7,9H2,1H3. The monoisotopic (exact) mass is 257 g/mol. The number of ether oxygens (including phenoxy) is 1. The van der Waals surface area contributed by atoms with Crippen molar-refractivity contribution < 1.29 is 9.15 Å². The molecule has 0 saturated heterocycles. The molecule has 2 heterocycles. The highest BCUT2D eigenvalue weighted by molar-refractivity contribution is 5.42. The molecule has 0 bridgehead atoms. The average Bonchev–Trinajstić information content (AvgIpc) is 3.09. The van der Waals surface area contributed by atoms with E-state index in [1.54, 1.807) is 6.26 Å². The molecule has 0 fully saturated rings. The van der Waals surface area contributed by atoms with E-state index in [4.69, 9.17) is 9.15 Å².